The van der Waals surface area contributed by atoms with E-state index in [4.69, 9.17) is 0 Å². The van der Waals surface area contributed by atoms with Crippen molar-refractivity contribution in [1.82, 2.24) is 15.1 Å². The van der Waals surface area contributed by atoms with Gasteiger partial charge in [-0.25, -0.2) is 4.99 Å². The maximum atomic E-state index is 12.2. The van der Waals surface area contributed by atoms with Crippen LogP contribution < -0.4 is 5.32 Å². The molecule has 2 heterocycles. The van der Waals surface area contributed by atoms with Crippen molar-refractivity contribution < 1.29 is 4.79 Å². The van der Waals surface area contributed by atoms with Gasteiger partial charge in [0.25, 0.3) is 0 Å². The maximum Gasteiger partial charge on any atom is 0.244 e. The quantitative estimate of drug-likeness (QED) is 0.444. The highest BCUT2D eigenvalue weighted by molar-refractivity contribution is 14.0. The van der Waals surface area contributed by atoms with Crippen LogP contribution in [0.4, 0.5) is 0 Å². The summed E-state index contributed by atoms with van der Waals surface area (Å²) in [6.45, 7) is 6.72. The number of amides is 1. The van der Waals surface area contributed by atoms with Crippen molar-refractivity contribution >= 4 is 35.8 Å². The van der Waals surface area contributed by atoms with E-state index in [1.54, 1.807) is 0 Å². The van der Waals surface area contributed by atoms with E-state index in [2.05, 4.69) is 46.4 Å². The molecule has 2 aliphatic heterocycles. The monoisotopic (exact) mass is 442 g/mol. The van der Waals surface area contributed by atoms with E-state index in [-0.39, 0.29) is 36.4 Å². The van der Waals surface area contributed by atoms with Gasteiger partial charge in [-0.2, -0.15) is 0 Å². The normalized spacial score (nSPS) is 17.3. The Morgan fingerprint density at radius 1 is 1.12 bits per heavy atom. The van der Waals surface area contributed by atoms with Gasteiger partial charge in [-0.05, 0) is 37.3 Å². The minimum Gasteiger partial charge on any atom is -0.356 e. The first-order valence-corrected chi connectivity index (χ1v) is 8.65. The van der Waals surface area contributed by atoms with Crippen molar-refractivity contribution in [3.8, 4) is 0 Å². The lowest BCUT2D eigenvalue weighted by Crippen LogP contribution is -2.44. The third-order valence-corrected chi connectivity index (χ3v) is 4.59. The van der Waals surface area contributed by atoms with Crippen molar-refractivity contribution in [2.45, 2.75) is 32.7 Å². The smallest absolute Gasteiger partial charge is 0.244 e. The van der Waals surface area contributed by atoms with E-state index < -0.39 is 0 Å². The summed E-state index contributed by atoms with van der Waals surface area (Å²) in [5.74, 6) is 1.00. The number of benzene rings is 1. The van der Waals surface area contributed by atoms with Gasteiger partial charge in [-0.15, -0.1) is 24.0 Å². The minimum atomic E-state index is 0. The fourth-order valence-electron chi connectivity index (χ4n) is 3.31. The Labute approximate surface area is 161 Å². The molecule has 5 nitrogen and oxygen atoms in total. The molecule has 0 aromatic heterocycles. The van der Waals surface area contributed by atoms with Crippen molar-refractivity contribution in [2.24, 2.45) is 4.99 Å². The second kappa shape index (κ2) is 9.25. The number of nitrogens with one attached hydrogen (secondary N) is 1. The zero-order valence-electron chi connectivity index (χ0n) is 14.3. The molecule has 2 aliphatic rings. The second-order valence-electron chi connectivity index (χ2n) is 6.20. The number of carbonyl (C=O) groups excluding carboxylic acids is 1. The zero-order valence-corrected chi connectivity index (χ0v) is 16.7. The predicted molar refractivity (Wildman–Crippen MR) is 108 cm³/mol. The first-order chi connectivity index (χ1) is 11.3. The Bertz CT molecular complexity index is 584. The van der Waals surface area contributed by atoms with E-state index in [1.165, 1.54) is 11.1 Å². The molecular weight excluding hydrogens is 415 g/mol. The van der Waals surface area contributed by atoms with Crippen molar-refractivity contribution in [3.05, 3.63) is 35.4 Å². The second-order valence-corrected chi connectivity index (χ2v) is 6.20. The number of carbonyl (C=O) groups is 1. The third-order valence-electron chi connectivity index (χ3n) is 4.59. The summed E-state index contributed by atoms with van der Waals surface area (Å²) in [4.78, 5) is 21.0. The highest BCUT2D eigenvalue weighted by Gasteiger charge is 2.20. The van der Waals surface area contributed by atoms with Crippen LogP contribution in [0.2, 0.25) is 0 Å². The van der Waals surface area contributed by atoms with Crippen LogP contribution in [0.3, 0.4) is 0 Å². The Hall–Kier alpha value is -1.31. The molecule has 1 aromatic carbocycles. The SMILES string of the molecule is CCNC(=NCC(=O)N1CCCC1)N1CCc2ccccc2C1.I. The molecule has 1 saturated heterocycles. The van der Waals surface area contributed by atoms with Gasteiger partial charge in [0.15, 0.2) is 5.96 Å². The molecule has 0 bridgehead atoms. The van der Waals surface area contributed by atoms with Crippen LogP contribution in [0.25, 0.3) is 0 Å². The maximum absolute atomic E-state index is 12.2. The van der Waals surface area contributed by atoms with Crippen LogP contribution >= 0.6 is 24.0 Å². The number of likely N-dealkylation sites (tertiary alicyclic amines) is 1. The van der Waals surface area contributed by atoms with Crippen LogP contribution in [-0.2, 0) is 17.8 Å². The largest absolute Gasteiger partial charge is 0.356 e. The highest BCUT2D eigenvalue weighted by atomic mass is 127. The van der Waals surface area contributed by atoms with E-state index in [9.17, 15) is 4.79 Å². The summed E-state index contributed by atoms with van der Waals surface area (Å²) in [5.41, 5.74) is 2.78. The summed E-state index contributed by atoms with van der Waals surface area (Å²) in [6.07, 6.45) is 3.28. The molecule has 1 amide bonds. The first kappa shape index (κ1) is 19.0. The van der Waals surface area contributed by atoms with Crippen LogP contribution in [0.5, 0.6) is 0 Å². The lowest BCUT2D eigenvalue weighted by molar-refractivity contribution is -0.128. The standard InChI is InChI=1S/C18H26N4O.HI/c1-2-19-18(20-13-17(23)21-10-5-6-11-21)22-12-9-15-7-3-4-8-16(15)14-22;/h3-4,7-8H,2,5-6,9-14H2,1H3,(H,19,20);1H. The minimum absolute atomic E-state index is 0. The number of nitrogens with zero attached hydrogens (tertiary/aromatic N) is 3. The molecule has 0 unspecified atom stereocenters. The molecule has 3 rings (SSSR count). The molecule has 0 atom stereocenters. The van der Waals surface area contributed by atoms with Crippen molar-refractivity contribution in [2.75, 3.05) is 32.7 Å². The lowest BCUT2D eigenvalue weighted by Gasteiger charge is -2.31. The van der Waals surface area contributed by atoms with Crippen molar-refractivity contribution in [3.63, 3.8) is 0 Å². The van der Waals surface area contributed by atoms with Gasteiger partial charge in [-0.3, -0.25) is 4.79 Å². The van der Waals surface area contributed by atoms with Crippen LogP contribution in [0.1, 0.15) is 30.9 Å². The third kappa shape index (κ3) is 4.62. The number of hydrogen-bond donors (Lipinski definition) is 1. The molecular formula is C18H27IN4O. The first-order valence-electron chi connectivity index (χ1n) is 8.65. The van der Waals surface area contributed by atoms with Gasteiger partial charge < -0.3 is 15.1 Å². The van der Waals surface area contributed by atoms with Gasteiger partial charge in [0.1, 0.15) is 6.54 Å². The van der Waals surface area contributed by atoms with Gasteiger partial charge >= 0.3 is 0 Å². The topological polar surface area (TPSA) is 47.9 Å². The summed E-state index contributed by atoms with van der Waals surface area (Å²) in [7, 11) is 0. The number of fused-ring (bicyclic) bond motifs is 1. The van der Waals surface area contributed by atoms with Crippen molar-refractivity contribution in [1.29, 1.82) is 0 Å². The lowest BCUT2D eigenvalue weighted by atomic mass is 10.0. The van der Waals surface area contributed by atoms with E-state index in [0.717, 1.165) is 57.9 Å². The molecule has 1 N–H and O–H groups in total. The fourth-order valence-corrected chi connectivity index (χ4v) is 3.31. The molecule has 6 heteroatoms. The average Bonchev–Trinajstić information content (AvgIpc) is 3.12. The Morgan fingerprint density at radius 3 is 2.54 bits per heavy atom. The van der Waals surface area contributed by atoms with E-state index in [1.807, 2.05) is 4.90 Å². The van der Waals surface area contributed by atoms with E-state index in [0.29, 0.717) is 0 Å². The summed E-state index contributed by atoms with van der Waals surface area (Å²) < 4.78 is 0. The van der Waals surface area contributed by atoms with Gasteiger partial charge in [0.2, 0.25) is 5.91 Å². The molecule has 0 spiro atoms. The number of hydrogen-bond acceptors (Lipinski definition) is 2. The molecule has 24 heavy (non-hydrogen) atoms. The Kier molecular flexibility index (Phi) is 7.33. The predicted octanol–water partition coefficient (Wildman–Crippen LogP) is 2.25. The average molecular weight is 442 g/mol. The molecule has 0 radical (unpaired) electrons. The Balaban J connectivity index is 0.00000208. The Morgan fingerprint density at radius 2 is 1.83 bits per heavy atom. The summed E-state index contributed by atoms with van der Waals surface area (Å²) >= 11 is 0. The highest BCUT2D eigenvalue weighted by Crippen LogP contribution is 2.18. The molecule has 132 valence electrons. The van der Waals surface area contributed by atoms with Gasteiger partial charge in [-0.1, -0.05) is 24.3 Å². The van der Waals surface area contributed by atoms with Crippen LogP contribution in [-0.4, -0.2) is 54.4 Å². The number of rotatable bonds is 3. The number of guanidine groups is 1. The fraction of sp³-hybridized carbons (Fsp3) is 0.556. The molecule has 0 saturated carbocycles. The summed E-state index contributed by atoms with van der Waals surface area (Å²) in [6, 6.07) is 8.57. The summed E-state index contributed by atoms with van der Waals surface area (Å²) in [5, 5.41) is 3.33. The zero-order chi connectivity index (χ0) is 16.1. The molecule has 1 aromatic rings. The molecule has 1 fully saturated rings. The van der Waals surface area contributed by atoms with Crippen LogP contribution in [0.15, 0.2) is 29.3 Å². The number of aliphatic imine (C=N–C) groups is 1. The van der Waals surface area contributed by atoms with Crippen LogP contribution in [0, 0.1) is 0 Å². The van der Waals surface area contributed by atoms with Gasteiger partial charge in [0, 0.05) is 32.7 Å². The molecule has 0 aliphatic carbocycles. The van der Waals surface area contributed by atoms with E-state index >= 15 is 0 Å². The van der Waals surface area contributed by atoms with Gasteiger partial charge in [0.05, 0.1) is 0 Å². The number of halogens is 1.